The zero-order chi connectivity index (χ0) is 14.3. The average Bonchev–Trinajstić information content (AvgIpc) is 3.04. The second kappa shape index (κ2) is 5.37. The average molecular weight is 338 g/mol. The summed E-state index contributed by atoms with van der Waals surface area (Å²) in [6.45, 7) is 4.83. The highest BCUT2D eigenvalue weighted by Crippen LogP contribution is 2.33. The summed E-state index contributed by atoms with van der Waals surface area (Å²) >= 11 is 3.53. The number of nitrogens with zero attached hydrogens (tertiary/aromatic N) is 2. The number of urea groups is 1. The van der Waals surface area contributed by atoms with Crippen molar-refractivity contribution in [3.63, 3.8) is 0 Å². The number of amides is 2. The van der Waals surface area contributed by atoms with E-state index in [0.29, 0.717) is 6.04 Å². The van der Waals surface area contributed by atoms with Gasteiger partial charge in [0.15, 0.2) is 0 Å². The van der Waals surface area contributed by atoms with Gasteiger partial charge in [-0.1, -0.05) is 22.0 Å². The molecule has 4 nitrogen and oxygen atoms in total. The fraction of sp³-hybridized carbons (Fsp3) is 0.533. The number of carbonyl (C=O) groups is 1. The molecule has 2 heterocycles. The van der Waals surface area contributed by atoms with Crippen molar-refractivity contribution in [1.29, 1.82) is 0 Å². The molecule has 0 spiro atoms. The van der Waals surface area contributed by atoms with Crippen molar-refractivity contribution in [2.75, 3.05) is 26.7 Å². The first kappa shape index (κ1) is 13.9. The number of likely N-dealkylation sites (N-methyl/N-ethyl adjacent to an activating group) is 1. The van der Waals surface area contributed by atoms with Gasteiger partial charge < -0.3 is 15.1 Å². The summed E-state index contributed by atoms with van der Waals surface area (Å²) < 4.78 is 1.07. The lowest BCUT2D eigenvalue weighted by Gasteiger charge is -2.22. The standard InChI is InChI=1S/C15H20BrN3O/c1-10-3-4-11(16)7-13(10)14-9-19(15(20)18(14)2)12-5-6-17-8-12/h3-4,7,12,14,17H,5-6,8-9H2,1-2H3. The van der Waals surface area contributed by atoms with Crippen molar-refractivity contribution in [2.45, 2.75) is 25.4 Å². The van der Waals surface area contributed by atoms with Crippen molar-refractivity contribution >= 4 is 22.0 Å². The SMILES string of the molecule is Cc1ccc(Br)cc1C1CN(C2CCNC2)C(=O)N1C. The lowest BCUT2D eigenvalue weighted by Crippen LogP contribution is -2.39. The Hall–Kier alpha value is -1.07. The minimum absolute atomic E-state index is 0.153. The zero-order valence-electron chi connectivity index (χ0n) is 11.9. The second-order valence-electron chi connectivity index (χ2n) is 5.71. The number of hydrogen-bond donors (Lipinski definition) is 1. The highest BCUT2D eigenvalue weighted by Gasteiger charge is 2.40. The Labute approximate surface area is 128 Å². The molecule has 2 amide bonds. The molecule has 20 heavy (non-hydrogen) atoms. The summed E-state index contributed by atoms with van der Waals surface area (Å²) in [4.78, 5) is 16.4. The van der Waals surface area contributed by atoms with Crippen LogP contribution in [-0.2, 0) is 0 Å². The molecule has 1 N–H and O–H groups in total. The number of aryl methyl sites for hydroxylation is 1. The van der Waals surface area contributed by atoms with Gasteiger partial charge in [-0.25, -0.2) is 4.79 Å². The van der Waals surface area contributed by atoms with E-state index in [9.17, 15) is 4.79 Å². The molecule has 2 unspecified atom stereocenters. The van der Waals surface area contributed by atoms with Gasteiger partial charge in [-0.2, -0.15) is 0 Å². The van der Waals surface area contributed by atoms with Crippen LogP contribution in [0.25, 0.3) is 0 Å². The van der Waals surface area contributed by atoms with E-state index in [-0.39, 0.29) is 12.1 Å². The zero-order valence-corrected chi connectivity index (χ0v) is 13.5. The van der Waals surface area contributed by atoms with E-state index in [1.54, 1.807) is 0 Å². The van der Waals surface area contributed by atoms with Crippen LogP contribution in [0.5, 0.6) is 0 Å². The highest BCUT2D eigenvalue weighted by molar-refractivity contribution is 9.10. The molecule has 1 aromatic rings. The molecule has 5 heteroatoms. The predicted molar refractivity (Wildman–Crippen MR) is 82.8 cm³/mol. The number of carbonyl (C=O) groups excluding carboxylic acids is 1. The molecule has 2 aliphatic heterocycles. The van der Waals surface area contributed by atoms with E-state index in [1.165, 1.54) is 11.1 Å². The van der Waals surface area contributed by atoms with Crippen molar-refractivity contribution in [3.8, 4) is 0 Å². The van der Waals surface area contributed by atoms with Crippen LogP contribution in [-0.4, -0.2) is 48.6 Å². The van der Waals surface area contributed by atoms with Crippen LogP contribution in [0.15, 0.2) is 22.7 Å². The molecule has 0 aromatic heterocycles. The van der Waals surface area contributed by atoms with Crippen LogP contribution in [0.4, 0.5) is 4.79 Å². The van der Waals surface area contributed by atoms with Crippen molar-refractivity contribution in [1.82, 2.24) is 15.1 Å². The van der Waals surface area contributed by atoms with Gasteiger partial charge in [-0.15, -0.1) is 0 Å². The maximum Gasteiger partial charge on any atom is 0.320 e. The smallest absolute Gasteiger partial charge is 0.319 e. The molecule has 2 aliphatic rings. The molecule has 0 saturated carbocycles. The number of halogens is 1. The van der Waals surface area contributed by atoms with Crippen LogP contribution in [0, 0.1) is 6.92 Å². The fourth-order valence-electron chi connectivity index (χ4n) is 3.21. The molecule has 0 aliphatic carbocycles. The van der Waals surface area contributed by atoms with Gasteiger partial charge in [0.25, 0.3) is 0 Å². The summed E-state index contributed by atoms with van der Waals surface area (Å²) in [6, 6.07) is 6.96. The van der Waals surface area contributed by atoms with E-state index in [2.05, 4.69) is 40.3 Å². The van der Waals surface area contributed by atoms with E-state index >= 15 is 0 Å². The first-order valence-electron chi connectivity index (χ1n) is 7.08. The van der Waals surface area contributed by atoms with Gasteiger partial charge in [-0.3, -0.25) is 0 Å². The Kier molecular flexibility index (Phi) is 3.73. The summed E-state index contributed by atoms with van der Waals surface area (Å²) in [7, 11) is 1.91. The maximum absolute atomic E-state index is 12.5. The molecule has 2 atom stereocenters. The molecule has 108 valence electrons. The molecule has 1 aromatic carbocycles. The third-order valence-electron chi connectivity index (χ3n) is 4.46. The Balaban J connectivity index is 1.87. The fourth-order valence-corrected chi connectivity index (χ4v) is 3.59. The van der Waals surface area contributed by atoms with Gasteiger partial charge in [0.2, 0.25) is 0 Å². The van der Waals surface area contributed by atoms with Gasteiger partial charge in [0.05, 0.1) is 6.04 Å². The van der Waals surface area contributed by atoms with Gasteiger partial charge >= 0.3 is 6.03 Å². The highest BCUT2D eigenvalue weighted by atomic mass is 79.9. The predicted octanol–water partition coefficient (Wildman–Crippen LogP) is 2.53. The van der Waals surface area contributed by atoms with Crippen LogP contribution >= 0.6 is 15.9 Å². The Morgan fingerprint density at radius 2 is 2.20 bits per heavy atom. The lowest BCUT2D eigenvalue weighted by molar-refractivity contribution is 0.184. The minimum atomic E-state index is 0.153. The molecule has 3 rings (SSSR count). The van der Waals surface area contributed by atoms with E-state index in [4.69, 9.17) is 0 Å². The van der Waals surface area contributed by atoms with E-state index in [0.717, 1.165) is 30.5 Å². The van der Waals surface area contributed by atoms with Crippen molar-refractivity contribution in [2.24, 2.45) is 0 Å². The van der Waals surface area contributed by atoms with Crippen LogP contribution in [0.2, 0.25) is 0 Å². The number of benzene rings is 1. The lowest BCUT2D eigenvalue weighted by atomic mass is 10.0. The first-order valence-corrected chi connectivity index (χ1v) is 7.87. The largest absolute Gasteiger partial charge is 0.320 e. The van der Waals surface area contributed by atoms with Crippen LogP contribution in [0.3, 0.4) is 0 Å². The monoisotopic (exact) mass is 337 g/mol. The molecular formula is C15H20BrN3O. The third-order valence-corrected chi connectivity index (χ3v) is 4.95. The van der Waals surface area contributed by atoms with Gasteiger partial charge in [0, 0.05) is 30.7 Å². The summed E-state index contributed by atoms with van der Waals surface area (Å²) in [5.74, 6) is 0. The van der Waals surface area contributed by atoms with Gasteiger partial charge in [0.1, 0.15) is 0 Å². The summed E-state index contributed by atoms with van der Waals surface area (Å²) in [5, 5.41) is 3.34. The maximum atomic E-state index is 12.5. The van der Waals surface area contributed by atoms with Crippen LogP contribution in [0.1, 0.15) is 23.6 Å². The van der Waals surface area contributed by atoms with Gasteiger partial charge in [-0.05, 0) is 43.1 Å². The topological polar surface area (TPSA) is 35.6 Å². The Bertz CT molecular complexity index is 528. The summed E-state index contributed by atoms with van der Waals surface area (Å²) in [5.41, 5.74) is 2.48. The number of nitrogens with one attached hydrogen (secondary N) is 1. The quantitative estimate of drug-likeness (QED) is 0.900. The molecule has 2 saturated heterocycles. The molecule has 2 fully saturated rings. The number of rotatable bonds is 2. The second-order valence-corrected chi connectivity index (χ2v) is 6.62. The minimum Gasteiger partial charge on any atom is -0.319 e. The molecule has 0 bridgehead atoms. The summed E-state index contributed by atoms with van der Waals surface area (Å²) in [6.07, 6.45) is 1.06. The number of hydrogen-bond acceptors (Lipinski definition) is 2. The molecule has 0 radical (unpaired) electrons. The Morgan fingerprint density at radius 1 is 1.40 bits per heavy atom. The van der Waals surface area contributed by atoms with E-state index in [1.807, 2.05) is 22.9 Å². The normalized spacial score (nSPS) is 26.6. The van der Waals surface area contributed by atoms with E-state index < -0.39 is 0 Å². The first-order chi connectivity index (χ1) is 9.58. The van der Waals surface area contributed by atoms with Crippen molar-refractivity contribution < 1.29 is 4.79 Å². The Morgan fingerprint density at radius 3 is 2.90 bits per heavy atom. The van der Waals surface area contributed by atoms with Crippen LogP contribution < -0.4 is 5.32 Å². The van der Waals surface area contributed by atoms with Crippen molar-refractivity contribution in [3.05, 3.63) is 33.8 Å². The third kappa shape index (κ3) is 2.33. The molecular weight excluding hydrogens is 318 g/mol.